The standard InChI is InChI=1S/C12H23N5OS/c1-5-17(6-2)7-8-19-12-15-10(13)14-11(16-12)18-9(3)4/h9H,5-8H2,1-4H3,(H2,13,14,15,16). The molecule has 0 radical (unpaired) electrons. The van der Waals surface area contributed by atoms with Gasteiger partial charge < -0.3 is 15.4 Å². The van der Waals surface area contributed by atoms with Crippen LogP contribution in [-0.2, 0) is 0 Å². The molecule has 6 nitrogen and oxygen atoms in total. The van der Waals surface area contributed by atoms with Crippen LogP contribution >= 0.6 is 11.8 Å². The van der Waals surface area contributed by atoms with Crippen molar-refractivity contribution in [2.45, 2.75) is 39.0 Å². The van der Waals surface area contributed by atoms with Gasteiger partial charge in [0.1, 0.15) is 0 Å². The van der Waals surface area contributed by atoms with Crippen LogP contribution in [0, 0.1) is 0 Å². The van der Waals surface area contributed by atoms with E-state index in [0.29, 0.717) is 11.2 Å². The fourth-order valence-electron chi connectivity index (χ4n) is 1.49. The smallest absolute Gasteiger partial charge is 0.322 e. The van der Waals surface area contributed by atoms with Gasteiger partial charge in [-0.25, -0.2) is 0 Å². The molecule has 0 atom stereocenters. The molecule has 1 heterocycles. The number of hydrogen-bond acceptors (Lipinski definition) is 7. The van der Waals surface area contributed by atoms with E-state index in [0.717, 1.165) is 25.4 Å². The van der Waals surface area contributed by atoms with E-state index in [4.69, 9.17) is 10.5 Å². The summed E-state index contributed by atoms with van der Waals surface area (Å²) >= 11 is 1.57. The van der Waals surface area contributed by atoms with Crippen molar-refractivity contribution < 1.29 is 4.74 Å². The summed E-state index contributed by atoms with van der Waals surface area (Å²) in [6.07, 6.45) is 0.0234. The highest BCUT2D eigenvalue weighted by atomic mass is 32.2. The van der Waals surface area contributed by atoms with Crippen LogP contribution in [0.2, 0.25) is 0 Å². The number of aromatic nitrogens is 3. The summed E-state index contributed by atoms with van der Waals surface area (Å²) in [5.41, 5.74) is 5.65. The SMILES string of the molecule is CCN(CC)CCSc1nc(N)nc(OC(C)C)n1. The van der Waals surface area contributed by atoms with Gasteiger partial charge in [-0.2, -0.15) is 15.0 Å². The monoisotopic (exact) mass is 285 g/mol. The highest BCUT2D eigenvalue weighted by Crippen LogP contribution is 2.17. The van der Waals surface area contributed by atoms with Crippen molar-refractivity contribution in [3.8, 4) is 6.01 Å². The Labute approximate surface area is 119 Å². The Morgan fingerprint density at radius 3 is 2.47 bits per heavy atom. The molecule has 1 aromatic rings. The Kier molecular flexibility index (Phi) is 6.86. The van der Waals surface area contributed by atoms with Crippen LogP contribution in [0.3, 0.4) is 0 Å². The Hall–Kier alpha value is -1.08. The molecule has 0 bridgehead atoms. The third kappa shape index (κ3) is 6.07. The number of anilines is 1. The van der Waals surface area contributed by atoms with Gasteiger partial charge in [0.25, 0.3) is 0 Å². The molecule has 0 fully saturated rings. The molecule has 0 spiro atoms. The first-order chi connectivity index (χ1) is 9.05. The molecule has 0 aliphatic heterocycles. The average molecular weight is 285 g/mol. The van der Waals surface area contributed by atoms with E-state index >= 15 is 0 Å². The molecule has 19 heavy (non-hydrogen) atoms. The Morgan fingerprint density at radius 2 is 1.89 bits per heavy atom. The molecule has 2 N–H and O–H groups in total. The van der Waals surface area contributed by atoms with Gasteiger partial charge in [0.2, 0.25) is 5.95 Å². The molecule has 108 valence electrons. The molecule has 0 saturated carbocycles. The minimum absolute atomic E-state index is 0.0234. The highest BCUT2D eigenvalue weighted by Gasteiger charge is 2.08. The molecule has 0 amide bonds. The van der Waals surface area contributed by atoms with E-state index in [1.54, 1.807) is 11.8 Å². The van der Waals surface area contributed by atoms with E-state index < -0.39 is 0 Å². The molecular formula is C12H23N5OS. The van der Waals surface area contributed by atoms with Crippen LogP contribution in [-0.4, -0.2) is 51.3 Å². The largest absolute Gasteiger partial charge is 0.461 e. The van der Waals surface area contributed by atoms with Crippen molar-refractivity contribution in [3.05, 3.63) is 0 Å². The van der Waals surface area contributed by atoms with Gasteiger partial charge in [0.15, 0.2) is 5.16 Å². The second-order valence-corrected chi connectivity index (χ2v) is 5.36. The van der Waals surface area contributed by atoms with Crippen LogP contribution in [0.1, 0.15) is 27.7 Å². The van der Waals surface area contributed by atoms with Gasteiger partial charge in [0.05, 0.1) is 6.10 Å². The Balaban J connectivity index is 2.55. The maximum atomic E-state index is 5.65. The first-order valence-electron chi connectivity index (χ1n) is 6.58. The van der Waals surface area contributed by atoms with Gasteiger partial charge >= 0.3 is 6.01 Å². The summed E-state index contributed by atoms with van der Waals surface area (Å²) in [5, 5.41) is 0.621. The molecule has 0 aliphatic carbocycles. The summed E-state index contributed by atoms with van der Waals surface area (Å²) in [5.74, 6) is 1.13. The summed E-state index contributed by atoms with van der Waals surface area (Å²) in [6, 6.07) is 0.299. The zero-order chi connectivity index (χ0) is 14.3. The summed E-state index contributed by atoms with van der Waals surface area (Å²) in [7, 11) is 0. The molecule has 7 heteroatoms. The Bertz CT molecular complexity index is 384. The molecule has 0 aromatic carbocycles. The highest BCUT2D eigenvalue weighted by molar-refractivity contribution is 7.99. The third-order valence-corrected chi connectivity index (χ3v) is 3.31. The zero-order valence-corrected chi connectivity index (χ0v) is 12.9. The summed E-state index contributed by atoms with van der Waals surface area (Å²) < 4.78 is 5.44. The van der Waals surface area contributed by atoms with Gasteiger partial charge in [-0.1, -0.05) is 25.6 Å². The van der Waals surface area contributed by atoms with Crippen molar-refractivity contribution >= 4 is 17.7 Å². The molecular weight excluding hydrogens is 262 g/mol. The van der Waals surface area contributed by atoms with E-state index in [2.05, 4.69) is 33.7 Å². The van der Waals surface area contributed by atoms with Crippen molar-refractivity contribution in [1.29, 1.82) is 0 Å². The number of nitrogens with two attached hydrogens (primary N) is 1. The predicted octanol–water partition coefficient (Wildman–Crippen LogP) is 1.67. The van der Waals surface area contributed by atoms with E-state index in [1.165, 1.54) is 0 Å². The molecule has 0 unspecified atom stereocenters. The predicted molar refractivity (Wildman–Crippen MR) is 78.5 cm³/mol. The van der Waals surface area contributed by atoms with Crippen LogP contribution in [0.25, 0.3) is 0 Å². The minimum Gasteiger partial charge on any atom is -0.461 e. The van der Waals surface area contributed by atoms with Crippen molar-refractivity contribution in [2.24, 2.45) is 0 Å². The van der Waals surface area contributed by atoms with Crippen LogP contribution < -0.4 is 10.5 Å². The first-order valence-corrected chi connectivity index (χ1v) is 7.57. The number of thioether (sulfide) groups is 1. The number of nitrogen functional groups attached to an aromatic ring is 1. The lowest BCUT2D eigenvalue weighted by Crippen LogP contribution is -2.25. The second kappa shape index (κ2) is 8.16. The average Bonchev–Trinajstić information content (AvgIpc) is 2.33. The third-order valence-electron chi connectivity index (χ3n) is 2.49. The lowest BCUT2D eigenvalue weighted by atomic mass is 10.5. The maximum absolute atomic E-state index is 5.65. The maximum Gasteiger partial charge on any atom is 0.322 e. The molecule has 1 aromatic heterocycles. The number of rotatable bonds is 8. The lowest BCUT2D eigenvalue weighted by molar-refractivity contribution is 0.219. The fraction of sp³-hybridized carbons (Fsp3) is 0.750. The zero-order valence-electron chi connectivity index (χ0n) is 12.1. The molecule has 0 saturated heterocycles. The van der Waals surface area contributed by atoms with Crippen LogP contribution in [0.4, 0.5) is 5.95 Å². The lowest BCUT2D eigenvalue weighted by Gasteiger charge is -2.17. The number of ether oxygens (including phenoxy) is 1. The van der Waals surface area contributed by atoms with Crippen molar-refractivity contribution in [3.63, 3.8) is 0 Å². The van der Waals surface area contributed by atoms with Gasteiger partial charge in [-0.15, -0.1) is 0 Å². The fourth-order valence-corrected chi connectivity index (χ4v) is 2.32. The topological polar surface area (TPSA) is 77.2 Å². The molecule has 1 rings (SSSR count). The summed E-state index contributed by atoms with van der Waals surface area (Å²) in [4.78, 5) is 14.7. The number of hydrogen-bond donors (Lipinski definition) is 1. The normalized spacial score (nSPS) is 11.3. The van der Waals surface area contributed by atoms with Crippen molar-refractivity contribution in [1.82, 2.24) is 19.9 Å². The van der Waals surface area contributed by atoms with Gasteiger partial charge in [0, 0.05) is 12.3 Å². The second-order valence-electron chi connectivity index (χ2n) is 4.30. The van der Waals surface area contributed by atoms with E-state index in [-0.39, 0.29) is 12.1 Å². The van der Waals surface area contributed by atoms with Gasteiger partial charge in [-0.05, 0) is 26.9 Å². The van der Waals surface area contributed by atoms with Crippen molar-refractivity contribution in [2.75, 3.05) is 31.1 Å². The summed E-state index contributed by atoms with van der Waals surface area (Å²) in [6.45, 7) is 11.3. The van der Waals surface area contributed by atoms with E-state index in [9.17, 15) is 0 Å². The van der Waals surface area contributed by atoms with E-state index in [1.807, 2.05) is 13.8 Å². The minimum atomic E-state index is 0.0234. The molecule has 0 aliphatic rings. The first kappa shape index (κ1) is 16.0. The quantitative estimate of drug-likeness (QED) is 0.728. The van der Waals surface area contributed by atoms with Crippen LogP contribution in [0.15, 0.2) is 5.16 Å². The van der Waals surface area contributed by atoms with Crippen LogP contribution in [0.5, 0.6) is 6.01 Å². The van der Waals surface area contributed by atoms with Gasteiger partial charge in [-0.3, -0.25) is 0 Å². The Morgan fingerprint density at radius 1 is 1.21 bits per heavy atom. The number of nitrogens with zero attached hydrogens (tertiary/aromatic N) is 4.